The molecule has 0 saturated heterocycles. The van der Waals surface area contributed by atoms with Crippen molar-refractivity contribution in [2.45, 2.75) is 26.4 Å². The largest absolute Gasteiger partial charge is 0.451 e. The van der Waals surface area contributed by atoms with Gasteiger partial charge >= 0.3 is 5.30 Å². The number of ether oxygens (including phenoxy) is 1. The van der Waals surface area contributed by atoms with Crippen LogP contribution in [0.3, 0.4) is 0 Å². The van der Waals surface area contributed by atoms with Crippen molar-refractivity contribution in [3.63, 3.8) is 0 Å². The van der Waals surface area contributed by atoms with Crippen LogP contribution in [-0.4, -0.2) is 25.1 Å². The molecule has 1 aromatic rings. The van der Waals surface area contributed by atoms with Gasteiger partial charge in [-0.15, -0.1) is 5.10 Å². The number of rotatable bonds is 1. The molecule has 0 aliphatic heterocycles. The summed E-state index contributed by atoms with van der Waals surface area (Å²) in [5, 5.41) is 3.36. The lowest BCUT2D eigenvalue weighted by atomic mass is 10.2. The second kappa shape index (κ2) is 3.78. The van der Waals surface area contributed by atoms with Crippen LogP contribution in [0.15, 0.2) is 12.7 Å². The van der Waals surface area contributed by atoms with Crippen molar-refractivity contribution >= 4 is 17.2 Å². The minimum absolute atomic E-state index is 0.391. The smallest absolute Gasteiger partial charge is 0.390 e. The lowest BCUT2D eigenvalue weighted by Crippen LogP contribution is -2.21. The van der Waals surface area contributed by atoms with Gasteiger partial charge in [-0.05, 0) is 20.8 Å². The summed E-state index contributed by atoms with van der Waals surface area (Å²) < 4.78 is 6.39. The van der Waals surface area contributed by atoms with Crippen LogP contribution in [0.2, 0.25) is 0 Å². The second-order valence-corrected chi connectivity index (χ2v) is 4.24. The fourth-order valence-corrected chi connectivity index (χ4v) is 1.22. The van der Waals surface area contributed by atoms with Gasteiger partial charge in [0, 0.05) is 0 Å². The monoisotopic (exact) mass is 201 g/mol. The van der Waals surface area contributed by atoms with E-state index in [-0.39, 0.29) is 0 Å². The second-order valence-electron chi connectivity index (χ2n) is 3.35. The third-order valence-corrected chi connectivity index (χ3v) is 1.56. The van der Waals surface area contributed by atoms with Crippen LogP contribution in [0.25, 0.3) is 0 Å². The molecule has 0 radical (unpaired) electrons. The van der Waals surface area contributed by atoms with E-state index in [1.807, 2.05) is 20.8 Å². The maximum absolute atomic E-state index is 11.2. The standard InChI is InChI=1S/C7H11N3O2S/c1-7(2,3)12-6(11)13-10-5-8-4-9-10/h4-5H,1-3H3. The van der Waals surface area contributed by atoms with Gasteiger partial charge in [0.2, 0.25) is 0 Å². The average Bonchev–Trinajstić information content (AvgIpc) is 2.34. The molecule has 5 nitrogen and oxygen atoms in total. The van der Waals surface area contributed by atoms with Crippen molar-refractivity contribution in [3.05, 3.63) is 12.7 Å². The van der Waals surface area contributed by atoms with E-state index in [4.69, 9.17) is 4.74 Å². The van der Waals surface area contributed by atoms with Crippen molar-refractivity contribution in [1.29, 1.82) is 0 Å². The Bertz CT molecular complexity index is 278. The molecule has 0 aliphatic carbocycles. The minimum Gasteiger partial charge on any atom is -0.451 e. The predicted molar refractivity (Wildman–Crippen MR) is 49.2 cm³/mol. The Hall–Kier alpha value is -1.04. The number of nitrogens with zero attached hydrogens (tertiary/aromatic N) is 3. The van der Waals surface area contributed by atoms with E-state index >= 15 is 0 Å². The molecule has 1 heterocycles. The van der Waals surface area contributed by atoms with Gasteiger partial charge < -0.3 is 4.74 Å². The zero-order valence-corrected chi connectivity index (χ0v) is 8.54. The first-order valence-electron chi connectivity index (χ1n) is 3.73. The molecule has 0 aliphatic rings. The highest BCUT2D eigenvalue weighted by molar-refractivity contribution is 8.11. The zero-order chi connectivity index (χ0) is 9.90. The fraction of sp³-hybridized carbons (Fsp3) is 0.571. The molecule has 0 bridgehead atoms. The van der Waals surface area contributed by atoms with Crippen LogP contribution in [0.1, 0.15) is 20.8 Å². The van der Waals surface area contributed by atoms with E-state index in [1.54, 1.807) is 0 Å². The number of carbonyl (C=O) groups is 1. The van der Waals surface area contributed by atoms with Crippen LogP contribution in [0.5, 0.6) is 0 Å². The SMILES string of the molecule is CC(C)(C)OC(=O)Sn1cncn1. The molecule has 13 heavy (non-hydrogen) atoms. The highest BCUT2D eigenvalue weighted by Crippen LogP contribution is 2.14. The van der Waals surface area contributed by atoms with E-state index in [9.17, 15) is 4.79 Å². The summed E-state index contributed by atoms with van der Waals surface area (Å²) in [6.07, 6.45) is 2.80. The van der Waals surface area contributed by atoms with E-state index in [0.717, 1.165) is 11.9 Å². The summed E-state index contributed by atoms with van der Waals surface area (Å²) in [5.41, 5.74) is -0.468. The lowest BCUT2D eigenvalue weighted by molar-refractivity contribution is 0.0736. The Labute approximate surface area is 80.6 Å². The molecular weight excluding hydrogens is 190 g/mol. The van der Waals surface area contributed by atoms with E-state index < -0.39 is 10.9 Å². The van der Waals surface area contributed by atoms with E-state index in [0.29, 0.717) is 0 Å². The molecule has 1 aromatic heterocycles. The van der Waals surface area contributed by atoms with Crippen molar-refractivity contribution in [2.24, 2.45) is 0 Å². The molecule has 0 aromatic carbocycles. The normalized spacial score (nSPS) is 11.3. The van der Waals surface area contributed by atoms with Crippen molar-refractivity contribution in [1.82, 2.24) is 14.2 Å². The molecule has 0 atom stereocenters. The lowest BCUT2D eigenvalue weighted by Gasteiger charge is -2.18. The first-order valence-corrected chi connectivity index (χ1v) is 4.51. The molecule has 0 saturated carbocycles. The number of hydrogen-bond donors (Lipinski definition) is 0. The predicted octanol–water partition coefficient (Wildman–Crippen LogP) is 1.71. The number of aromatic nitrogens is 3. The Morgan fingerprint density at radius 1 is 1.54 bits per heavy atom. The van der Waals surface area contributed by atoms with Gasteiger partial charge in [0.05, 0.1) is 11.9 Å². The van der Waals surface area contributed by atoms with Crippen LogP contribution >= 0.6 is 11.9 Å². The fourth-order valence-electron chi connectivity index (χ4n) is 0.590. The molecule has 1 rings (SSSR count). The molecule has 0 amide bonds. The van der Waals surface area contributed by atoms with Gasteiger partial charge in [-0.2, -0.15) is 4.09 Å². The van der Waals surface area contributed by atoms with E-state index in [2.05, 4.69) is 10.1 Å². The van der Waals surface area contributed by atoms with Gasteiger partial charge in [-0.1, -0.05) is 0 Å². The van der Waals surface area contributed by atoms with Gasteiger partial charge in [0.25, 0.3) is 0 Å². The summed E-state index contributed by atoms with van der Waals surface area (Å²) in [7, 11) is 0. The van der Waals surface area contributed by atoms with Crippen molar-refractivity contribution in [3.8, 4) is 0 Å². The third-order valence-electron chi connectivity index (χ3n) is 0.955. The maximum Gasteiger partial charge on any atom is 0.390 e. The van der Waals surface area contributed by atoms with Crippen LogP contribution in [0.4, 0.5) is 4.79 Å². The molecule has 0 unspecified atom stereocenters. The quantitative estimate of drug-likeness (QED) is 0.647. The summed E-state index contributed by atoms with van der Waals surface area (Å²) in [6, 6.07) is 0. The average molecular weight is 201 g/mol. The molecule has 0 fully saturated rings. The number of hydrogen-bond acceptors (Lipinski definition) is 5. The van der Waals surface area contributed by atoms with Crippen LogP contribution < -0.4 is 0 Å². The summed E-state index contributed by atoms with van der Waals surface area (Å²) >= 11 is 0.859. The third kappa shape index (κ3) is 3.93. The van der Waals surface area contributed by atoms with Gasteiger partial charge in [0.15, 0.2) is 0 Å². The molecular formula is C7H11N3O2S. The molecule has 0 N–H and O–H groups in total. The maximum atomic E-state index is 11.2. The minimum atomic E-state index is -0.468. The van der Waals surface area contributed by atoms with Crippen molar-refractivity contribution in [2.75, 3.05) is 0 Å². The van der Waals surface area contributed by atoms with Crippen LogP contribution in [0, 0.1) is 0 Å². The van der Waals surface area contributed by atoms with Gasteiger partial charge in [-0.25, -0.2) is 9.78 Å². The Balaban J connectivity index is 2.43. The first kappa shape index (κ1) is 10.0. The highest BCUT2D eigenvalue weighted by atomic mass is 32.2. The topological polar surface area (TPSA) is 57.0 Å². The number of carbonyl (C=O) groups excluding carboxylic acids is 1. The Morgan fingerprint density at radius 3 is 2.69 bits per heavy atom. The van der Waals surface area contributed by atoms with E-state index in [1.165, 1.54) is 16.7 Å². The summed E-state index contributed by atoms with van der Waals surface area (Å²) in [5.74, 6) is 0. The molecule has 72 valence electrons. The van der Waals surface area contributed by atoms with Gasteiger partial charge in [-0.3, -0.25) is 0 Å². The Kier molecular flexibility index (Phi) is 2.92. The Morgan fingerprint density at radius 2 is 2.23 bits per heavy atom. The molecule has 6 heteroatoms. The van der Waals surface area contributed by atoms with Crippen LogP contribution in [-0.2, 0) is 4.74 Å². The summed E-state index contributed by atoms with van der Waals surface area (Å²) in [4.78, 5) is 14.9. The first-order chi connectivity index (χ1) is 5.97. The summed E-state index contributed by atoms with van der Waals surface area (Å²) in [6.45, 7) is 5.44. The van der Waals surface area contributed by atoms with Gasteiger partial charge in [0.1, 0.15) is 18.3 Å². The zero-order valence-electron chi connectivity index (χ0n) is 7.72. The molecule has 0 spiro atoms. The van der Waals surface area contributed by atoms with Crippen molar-refractivity contribution < 1.29 is 9.53 Å². The highest BCUT2D eigenvalue weighted by Gasteiger charge is 2.17.